The van der Waals surface area contributed by atoms with E-state index in [1.807, 2.05) is 0 Å². The first-order chi connectivity index (χ1) is 16.0. The lowest BCUT2D eigenvalue weighted by molar-refractivity contribution is -0.148. The van der Waals surface area contributed by atoms with E-state index in [4.69, 9.17) is 4.74 Å². The van der Waals surface area contributed by atoms with E-state index in [-0.39, 0.29) is 23.1 Å². The molecule has 1 aliphatic carbocycles. The Labute approximate surface area is 204 Å². The fourth-order valence-electron chi connectivity index (χ4n) is 3.46. The van der Waals surface area contributed by atoms with Crippen molar-refractivity contribution >= 4 is 36.5 Å². The summed E-state index contributed by atoms with van der Waals surface area (Å²) in [6.07, 6.45) is 1.36. The Morgan fingerprint density at radius 1 is 1.21 bits per heavy atom. The molecule has 3 amide bonds. The summed E-state index contributed by atoms with van der Waals surface area (Å²) in [4.78, 5) is 52.3. The second-order valence-electron chi connectivity index (χ2n) is 8.97. The number of benzene rings is 1. The van der Waals surface area contributed by atoms with Gasteiger partial charge in [0.15, 0.2) is 0 Å². The maximum atomic E-state index is 13.7. The van der Waals surface area contributed by atoms with Crippen LogP contribution in [0.3, 0.4) is 0 Å². The summed E-state index contributed by atoms with van der Waals surface area (Å²) in [5, 5.41) is 15.5. The number of nitrogens with zero attached hydrogens (tertiary/aromatic N) is 1. The molecule has 2 unspecified atom stereocenters. The number of methoxy groups -OCH3 is 1. The number of para-hydroxylation sites is 1. The lowest BCUT2D eigenvalue weighted by atomic mass is 9.88. The molecule has 0 aliphatic heterocycles. The normalized spacial score (nSPS) is 15.3. The number of alkyl carbamates (subject to hydrolysis) is 1. The molecule has 1 aromatic carbocycles. The second kappa shape index (κ2) is 12.0. The van der Waals surface area contributed by atoms with Gasteiger partial charge in [0.25, 0.3) is 0 Å². The molecule has 0 spiro atoms. The van der Waals surface area contributed by atoms with Crippen LogP contribution < -0.4 is 10.6 Å². The molecule has 2 atom stereocenters. The molecule has 3 N–H and O–H groups in total. The van der Waals surface area contributed by atoms with E-state index in [2.05, 4.69) is 28.0 Å². The summed E-state index contributed by atoms with van der Waals surface area (Å²) in [5.41, 5.74) is -0.575. The largest absolute Gasteiger partial charge is 0.508 e. The van der Waals surface area contributed by atoms with Gasteiger partial charge < -0.3 is 30.1 Å². The maximum Gasteiger partial charge on any atom is 0.408 e. The number of nitrogens with one attached hydrogen (secondary N) is 2. The third-order valence-corrected chi connectivity index (χ3v) is 5.65. The van der Waals surface area contributed by atoms with Crippen LogP contribution >= 0.6 is 12.6 Å². The Morgan fingerprint density at radius 2 is 1.85 bits per heavy atom. The minimum atomic E-state index is -1.24. The average Bonchev–Trinajstić information content (AvgIpc) is 2.73. The molecule has 1 aliphatic rings. The average molecular weight is 496 g/mol. The van der Waals surface area contributed by atoms with E-state index < -0.39 is 48.1 Å². The van der Waals surface area contributed by atoms with Crippen molar-refractivity contribution in [2.24, 2.45) is 0 Å². The number of phenols is 1. The van der Waals surface area contributed by atoms with E-state index in [9.17, 15) is 24.3 Å². The van der Waals surface area contributed by atoms with Crippen LogP contribution in [0.25, 0.3) is 0 Å². The van der Waals surface area contributed by atoms with Gasteiger partial charge in [0.2, 0.25) is 11.8 Å². The molecule has 1 fully saturated rings. The highest BCUT2D eigenvalue weighted by molar-refractivity contribution is 7.80. The summed E-state index contributed by atoms with van der Waals surface area (Å²) in [7, 11) is 1.19. The number of hydrogen-bond acceptors (Lipinski definition) is 8. The third kappa shape index (κ3) is 7.28. The zero-order valence-electron chi connectivity index (χ0n) is 19.9. The topological polar surface area (TPSA) is 134 Å². The first-order valence-corrected chi connectivity index (χ1v) is 11.7. The molecule has 0 bridgehead atoms. The van der Waals surface area contributed by atoms with E-state index in [1.54, 1.807) is 32.9 Å². The summed E-state index contributed by atoms with van der Waals surface area (Å²) in [6.45, 7) is 4.69. The van der Waals surface area contributed by atoms with Gasteiger partial charge in [-0.15, -0.1) is 0 Å². The quantitative estimate of drug-likeness (QED) is 0.304. The number of aromatic hydroxyl groups is 1. The molecular weight excluding hydrogens is 462 g/mol. The summed E-state index contributed by atoms with van der Waals surface area (Å²) in [5.74, 6) is -2.10. The third-order valence-electron chi connectivity index (χ3n) is 5.29. The van der Waals surface area contributed by atoms with Gasteiger partial charge in [-0.3, -0.25) is 14.4 Å². The first-order valence-electron chi connectivity index (χ1n) is 11.0. The highest BCUT2D eigenvalue weighted by atomic mass is 32.1. The van der Waals surface area contributed by atoms with Crippen molar-refractivity contribution in [3.63, 3.8) is 0 Å². The lowest BCUT2D eigenvalue weighted by Crippen LogP contribution is -2.58. The Bertz CT molecular complexity index is 899. The van der Waals surface area contributed by atoms with Gasteiger partial charge in [-0.2, -0.15) is 12.6 Å². The van der Waals surface area contributed by atoms with Crippen LogP contribution in [-0.2, 0) is 23.9 Å². The number of hydrogen-bond donors (Lipinski definition) is 4. The molecule has 2 rings (SSSR count). The molecule has 34 heavy (non-hydrogen) atoms. The molecule has 0 saturated heterocycles. The van der Waals surface area contributed by atoms with Crippen molar-refractivity contribution in [3.8, 4) is 5.75 Å². The van der Waals surface area contributed by atoms with Crippen LogP contribution in [0.15, 0.2) is 24.3 Å². The number of phenolic OH excluding ortho intramolecular Hbond substituents is 1. The predicted octanol–water partition coefficient (Wildman–Crippen LogP) is 1.93. The minimum absolute atomic E-state index is 0.0431. The van der Waals surface area contributed by atoms with E-state index in [1.165, 1.54) is 24.1 Å². The van der Waals surface area contributed by atoms with Crippen molar-refractivity contribution in [2.45, 2.75) is 63.8 Å². The maximum absolute atomic E-state index is 13.7. The Hall–Kier alpha value is -2.95. The number of amides is 3. The van der Waals surface area contributed by atoms with Crippen LogP contribution in [0.4, 0.5) is 4.79 Å². The van der Waals surface area contributed by atoms with Gasteiger partial charge >= 0.3 is 12.1 Å². The Morgan fingerprint density at radius 3 is 2.35 bits per heavy atom. The number of carbonyl (C=O) groups is 4. The molecule has 0 aromatic heterocycles. The van der Waals surface area contributed by atoms with Crippen molar-refractivity contribution in [1.82, 2.24) is 15.5 Å². The number of rotatable bonds is 9. The lowest BCUT2D eigenvalue weighted by Gasteiger charge is -2.43. The van der Waals surface area contributed by atoms with Gasteiger partial charge in [-0.05, 0) is 46.1 Å². The fraction of sp³-hybridized carbons (Fsp3) is 0.565. The fourth-order valence-corrected chi connectivity index (χ4v) is 3.71. The van der Waals surface area contributed by atoms with Crippen LogP contribution in [0, 0.1) is 0 Å². The number of carbonyl (C=O) groups excluding carboxylic acids is 4. The smallest absolute Gasteiger partial charge is 0.408 e. The van der Waals surface area contributed by atoms with E-state index >= 15 is 0 Å². The molecule has 0 heterocycles. The Balaban J connectivity index is 2.41. The summed E-state index contributed by atoms with van der Waals surface area (Å²) in [6, 6.07) is 3.55. The van der Waals surface area contributed by atoms with Gasteiger partial charge in [0, 0.05) is 17.4 Å². The molecule has 0 radical (unpaired) electrons. The SMILES string of the molecule is COC(=O)CNC(=O)C(c1ccccc1O)N(C(=O)C(CS)NC(=O)OC(C)(C)C)C1CCC1. The predicted molar refractivity (Wildman–Crippen MR) is 127 cm³/mol. The van der Waals surface area contributed by atoms with Crippen molar-refractivity contribution in [3.05, 3.63) is 29.8 Å². The van der Waals surface area contributed by atoms with Crippen molar-refractivity contribution in [1.29, 1.82) is 0 Å². The standard InChI is InChI=1S/C23H33N3O7S/c1-23(2,3)33-22(31)25-16(13-34)21(30)26(14-8-7-9-14)19(15-10-5-6-11-17(15)27)20(29)24-12-18(28)32-4/h5-6,10-11,14,16,19,27,34H,7-9,12-13H2,1-4H3,(H,24,29)(H,25,31). The van der Waals surface area contributed by atoms with Crippen molar-refractivity contribution in [2.75, 3.05) is 19.4 Å². The zero-order valence-corrected chi connectivity index (χ0v) is 20.8. The molecule has 188 valence electrons. The minimum Gasteiger partial charge on any atom is -0.508 e. The zero-order chi connectivity index (χ0) is 25.5. The van der Waals surface area contributed by atoms with Gasteiger partial charge in [0.05, 0.1) is 7.11 Å². The van der Waals surface area contributed by atoms with E-state index in [0.717, 1.165) is 6.42 Å². The van der Waals surface area contributed by atoms with Crippen LogP contribution in [0.5, 0.6) is 5.75 Å². The molecule has 10 nitrogen and oxygen atoms in total. The second-order valence-corrected chi connectivity index (χ2v) is 9.33. The van der Waals surface area contributed by atoms with Crippen molar-refractivity contribution < 1.29 is 33.8 Å². The van der Waals surface area contributed by atoms with E-state index in [0.29, 0.717) is 12.8 Å². The van der Waals surface area contributed by atoms with Crippen LogP contribution in [0.2, 0.25) is 0 Å². The number of esters is 1. The Kier molecular flexibility index (Phi) is 9.60. The number of thiol groups is 1. The molecular formula is C23H33N3O7S. The van der Waals surface area contributed by atoms with Crippen LogP contribution in [0.1, 0.15) is 51.6 Å². The van der Waals surface area contributed by atoms with Gasteiger partial charge in [-0.1, -0.05) is 18.2 Å². The molecule has 1 saturated carbocycles. The molecule has 1 aromatic rings. The van der Waals surface area contributed by atoms with Crippen LogP contribution in [-0.4, -0.2) is 71.0 Å². The summed E-state index contributed by atoms with van der Waals surface area (Å²) < 4.78 is 9.85. The molecule has 11 heteroatoms. The van der Waals surface area contributed by atoms with Gasteiger partial charge in [-0.25, -0.2) is 4.79 Å². The first kappa shape index (κ1) is 27.3. The van der Waals surface area contributed by atoms with Gasteiger partial charge in [0.1, 0.15) is 30.0 Å². The highest BCUT2D eigenvalue weighted by Crippen LogP contribution is 2.36. The number of ether oxygens (including phenoxy) is 2. The summed E-state index contributed by atoms with van der Waals surface area (Å²) >= 11 is 4.23. The monoisotopic (exact) mass is 495 g/mol. The highest BCUT2D eigenvalue weighted by Gasteiger charge is 2.42.